The van der Waals surface area contributed by atoms with Crippen LogP contribution < -0.4 is 5.32 Å². The molecule has 4 aromatic rings. The molecule has 21 heavy (non-hydrogen) atoms. The second-order valence-electron chi connectivity index (χ2n) is 5.16. The van der Waals surface area contributed by atoms with Crippen LogP contribution in [-0.4, -0.2) is 15.0 Å². The van der Waals surface area contributed by atoms with Gasteiger partial charge in [-0.05, 0) is 29.1 Å². The number of fused-ring (bicyclic) bond motifs is 2. The molecule has 0 saturated carbocycles. The molecule has 0 spiro atoms. The summed E-state index contributed by atoms with van der Waals surface area (Å²) in [7, 11) is 0. The number of imidazole rings is 1. The van der Waals surface area contributed by atoms with Gasteiger partial charge in [0.2, 0.25) is 0 Å². The number of benzene rings is 2. The van der Waals surface area contributed by atoms with Gasteiger partial charge in [-0.2, -0.15) is 0 Å². The van der Waals surface area contributed by atoms with Crippen molar-refractivity contribution >= 4 is 21.9 Å². The molecule has 0 aliphatic carbocycles. The van der Waals surface area contributed by atoms with Gasteiger partial charge in [0.25, 0.3) is 0 Å². The highest BCUT2D eigenvalue weighted by Crippen LogP contribution is 2.17. The van der Waals surface area contributed by atoms with E-state index < -0.39 is 0 Å². The molecular formula is C17H16N4. The minimum Gasteiger partial charge on any atom is -0.361 e. The van der Waals surface area contributed by atoms with Gasteiger partial charge in [0.1, 0.15) is 5.82 Å². The van der Waals surface area contributed by atoms with Crippen molar-refractivity contribution in [3.8, 4) is 0 Å². The molecule has 0 saturated heterocycles. The molecule has 0 atom stereocenters. The second kappa shape index (κ2) is 5.07. The minimum absolute atomic E-state index is 0.728. The van der Waals surface area contributed by atoms with Gasteiger partial charge in [-0.25, -0.2) is 4.98 Å². The van der Waals surface area contributed by atoms with E-state index in [1.165, 1.54) is 16.5 Å². The Balaban J connectivity index is 1.48. The zero-order valence-electron chi connectivity index (χ0n) is 11.6. The summed E-state index contributed by atoms with van der Waals surface area (Å²) >= 11 is 0. The molecule has 104 valence electrons. The second-order valence-corrected chi connectivity index (χ2v) is 5.16. The summed E-state index contributed by atoms with van der Waals surface area (Å²) in [6.07, 6.45) is 1.98. The van der Waals surface area contributed by atoms with Gasteiger partial charge in [0.05, 0.1) is 17.6 Å². The Morgan fingerprint density at radius 2 is 1.90 bits per heavy atom. The van der Waals surface area contributed by atoms with Crippen LogP contribution in [0.3, 0.4) is 0 Å². The van der Waals surface area contributed by atoms with Crippen LogP contribution >= 0.6 is 0 Å². The first-order valence-electron chi connectivity index (χ1n) is 7.09. The third-order valence-electron chi connectivity index (χ3n) is 3.72. The zero-order valence-corrected chi connectivity index (χ0v) is 11.6. The van der Waals surface area contributed by atoms with E-state index in [1.807, 2.05) is 30.5 Å². The van der Waals surface area contributed by atoms with E-state index in [0.717, 1.165) is 29.9 Å². The Morgan fingerprint density at radius 1 is 0.952 bits per heavy atom. The largest absolute Gasteiger partial charge is 0.361 e. The molecule has 2 heterocycles. The van der Waals surface area contributed by atoms with E-state index in [1.54, 1.807) is 0 Å². The van der Waals surface area contributed by atoms with Gasteiger partial charge in [0, 0.05) is 18.3 Å². The number of nitrogens with one attached hydrogen (secondary N) is 3. The monoisotopic (exact) mass is 276 g/mol. The van der Waals surface area contributed by atoms with E-state index in [0.29, 0.717) is 0 Å². The van der Waals surface area contributed by atoms with Gasteiger partial charge in [-0.1, -0.05) is 30.3 Å². The molecule has 0 aliphatic rings. The fourth-order valence-corrected chi connectivity index (χ4v) is 2.70. The lowest BCUT2D eigenvalue weighted by molar-refractivity contribution is 0.672. The summed E-state index contributed by atoms with van der Waals surface area (Å²) in [6, 6.07) is 16.5. The summed E-state index contributed by atoms with van der Waals surface area (Å²) in [6.45, 7) is 1.54. The molecule has 0 unspecified atom stereocenters. The smallest absolute Gasteiger partial charge is 0.121 e. The first-order chi connectivity index (χ1) is 10.4. The van der Waals surface area contributed by atoms with Crippen LogP contribution in [0.5, 0.6) is 0 Å². The maximum Gasteiger partial charge on any atom is 0.121 e. The summed E-state index contributed by atoms with van der Waals surface area (Å²) in [4.78, 5) is 11.2. The molecular weight excluding hydrogens is 260 g/mol. The van der Waals surface area contributed by atoms with Crippen LogP contribution in [0, 0.1) is 0 Å². The third kappa shape index (κ3) is 2.30. The average molecular weight is 276 g/mol. The molecule has 2 aromatic heterocycles. The quantitative estimate of drug-likeness (QED) is 0.535. The van der Waals surface area contributed by atoms with Crippen LogP contribution in [0.1, 0.15) is 11.4 Å². The number of aromatic nitrogens is 3. The lowest BCUT2D eigenvalue weighted by atomic mass is 10.1. The standard InChI is InChI=1S/C17H16N4/c1-2-7-15-14(6-1)20-16(21-15)11-18-10-13-5-3-4-12-8-9-19-17(12)13/h1-9,18-19H,10-11H2,(H,20,21). The zero-order chi connectivity index (χ0) is 14.1. The van der Waals surface area contributed by atoms with Crippen molar-refractivity contribution in [2.75, 3.05) is 0 Å². The van der Waals surface area contributed by atoms with Crippen molar-refractivity contribution in [1.29, 1.82) is 0 Å². The molecule has 0 radical (unpaired) electrons. The van der Waals surface area contributed by atoms with Crippen molar-refractivity contribution in [2.24, 2.45) is 0 Å². The van der Waals surface area contributed by atoms with Crippen molar-refractivity contribution < 1.29 is 0 Å². The van der Waals surface area contributed by atoms with Crippen LogP contribution in [0.25, 0.3) is 21.9 Å². The van der Waals surface area contributed by atoms with E-state index in [9.17, 15) is 0 Å². The van der Waals surface area contributed by atoms with E-state index in [-0.39, 0.29) is 0 Å². The number of nitrogens with zero attached hydrogens (tertiary/aromatic N) is 1. The summed E-state index contributed by atoms with van der Waals surface area (Å²) in [5.41, 5.74) is 4.57. The Morgan fingerprint density at radius 3 is 2.86 bits per heavy atom. The maximum absolute atomic E-state index is 4.57. The topological polar surface area (TPSA) is 56.5 Å². The molecule has 0 fully saturated rings. The van der Waals surface area contributed by atoms with Crippen molar-refractivity contribution in [2.45, 2.75) is 13.1 Å². The molecule has 0 bridgehead atoms. The normalized spacial score (nSPS) is 11.4. The molecule has 4 nitrogen and oxygen atoms in total. The minimum atomic E-state index is 0.728. The third-order valence-corrected chi connectivity index (χ3v) is 3.72. The molecule has 4 rings (SSSR count). The maximum atomic E-state index is 4.57. The summed E-state index contributed by atoms with van der Waals surface area (Å²) in [5, 5.41) is 4.70. The fraction of sp³-hybridized carbons (Fsp3) is 0.118. The predicted molar refractivity (Wildman–Crippen MR) is 84.9 cm³/mol. The Bertz CT molecular complexity index is 855. The van der Waals surface area contributed by atoms with Crippen LogP contribution in [0.2, 0.25) is 0 Å². The fourth-order valence-electron chi connectivity index (χ4n) is 2.70. The van der Waals surface area contributed by atoms with Crippen molar-refractivity contribution in [1.82, 2.24) is 20.3 Å². The summed E-state index contributed by atoms with van der Waals surface area (Å²) < 4.78 is 0. The number of hydrogen-bond donors (Lipinski definition) is 3. The average Bonchev–Trinajstić information content (AvgIpc) is 3.13. The number of hydrogen-bond acceptors (Lipinski definition) is 2. The van der Waals surface area contributed by atoms with E-state index in [4.69, 9.17) is 0 Å². The number of rotatable bonds is 4. The van der Waals surface area contributed by atoms with Gasteiger partial charge >= 0.3 is 0 Å². The lowest BCUT2D eigenvalue weighted by Gasteiger charge is -2.04. The highest BCUT2D eigenvalue weighted by Gasteiger charge is 2.03. The van der Waals surface area contributed by atoms with Gasteiger partial charge < -0.3 is 15.3 Å². The highest BCUT2D eigenvalue weighted by molar-refractivity contribution is 5.82. The Labute approximate surface area is 122 Å². The Hall–Kier alpha value is -2.59. The van der Waals surface area contributed by atoms with Crippen LogP contribution in [0.4, 0.5) is 0 Å². The SMILES string of the molecule is c1cc(CNCc2nc3ccccc3[nH]2)c2[nH]ccc2c1. The van der Waals surface area contributed by atoms with Gasteiger partial charge in [-0.15, -0.1) is 0 Å². The first-order valence-corrected chi connectivity index (χ1v) is 7.09. The lowest BCUT2D eigenvalue weighted by Crippen LogP contribution is -2.13. The van der Waals surface area contributed by atoms with Crippen LogP contribution in [-0.2, 0) is 13.1 Å². The first kappa shape index (κ1) is 12.2. The molecule has 3 N–H and O–H groups in total. The van der Waals surface area contributed by atoms with Gasteiger partial charge in [-0.3, -0.25) is 0 Å². The number of aromatic amines is 2. The van der Waals surface area contributed by atoms with Crippen LogP contribution in [0.15, 0.2) is 54.7 Å². The van der Waals surface area contributed by atoms with Gasteiger partial charge in [0.15, 0.2) is 0 Å². The predicted octanol–water partition coefficient (Wildman–Crippen LogP) is 3.33. The molecule has 2 aromatic carbocycles. The number of H-pyrrole nitrogens is 2. The van der Waals surface area contributed by atoms with E-state index in [2.05, 4.69) is 44.5 Å². The van der Waals surface area contributed by atoms with Crippen molar-refractivity contribution in [3.63, 3.8) is 0 Å². The molecule has 4 heteroatoms. The summed E-state index contributed by atoms with van der Waals surface area (Å²) in [5.74, 6) is 0.967. The molecule has 0 aliphatic heterocycles. The van der Waals surface area contributed by atoms with Crippen molar-refractivity contribution in [3.05, 3.63) is 66.1 Å². The Kier molecular flexibility index (Phi) is 2.94. The number of para-hydroxylation sites is 3. The highest BCUT2D eigenvalue weighted by atomic mass is 15.0. The molecule has 0 amide bonds. The van der Waals surface area contributed by atoms with E-state index >= 15 is 0 Å².